The van der Waals surface area contributed by atoms with Crippen molar-refractivity contribution in [3.63, 3.8) is 0 Å². The quantitative estimate of drug-likeness (QED) is 0.918. The molecule has 0 aliphatic heterocycles. The van der Waals surface area contributed by atoms with Gasteiger partial charge in [-0.15, -0.1) is 11.3 Å². The molecule has 1 N–H and O–H groups in total. The summed E-state index contributed by atoms with van der Waals surface area (Å²) >= 11 is 1.70. The second kappa shape index (κ2) is 6.50. The molecule has 2 aromatic heterocycles. The van der Waals surface area contributed by atoms with E-state index < -0.39 is 0 Å². The van der Waals surface area contributed by atoms with Crippen LogP contribution in [0.5, 0.6) is 0 Å². The molecule has 1 saturated carbocycles. The van der Waals surface area contributed by atoms with Crippen molar-refractivity contribution in [2.75, 3.05) is 7.05 Å². The highest BCUT2D eigenvalue weighted by atomic mass is 32.1. The Morgan fingerprint density at radius 3 is 2.95 bits per heavy atom. The van der Waals surface area contributed by atoms with Crippen molar-refractivity contribution in [1.82, 2.24) is 20.1 Å². The molecule has 4 nitrogen and oxygen atoms in total. The SMILES string of the molecule is CNC(Cc1ccn(C2CCCCC2)n1)c1cncs1. The Kier molecular flexibility index (Phi) is 4.47. The highest BCUT2D eigenvalue weighted by molar-refractivity contribution is 7.09. The van der Waals surface area contributed by atoms with Crippen LogP contribution in [0.1, 0.15) is 54.8 Å². The van der Waals surface area contributed by atoms with Gasteiger partial charge in [0.2, 0.25) is 0 Å². The zero-order valence-corrected chi connectivity index (χ0v) is 12.8. The van der Waals surface area contributed by atoms with Crippen LogP contribution in [0.2, 0.25) is 0 Å². The molecule has 2 heterocycles. The molecule has 0 amide bonds. The molecule has 2 aromatic rings. The summed E-state index contributed by atoms with van der Waals surface area (Å²) in [7, 11) is 2.00. The summed E-state index contributed by atoms with van der Waals surface area (Å²) < 4.78 is 2.19. The van der Waals surface area contributed by atoms with Gasteiger partial charge in [-0.05, 0) is 26.0 Å². The van der Waals surface area contributed by atoms with Crippen molar-refractivity contribution in [2.24, 2.45) is 0 Å². The number of nitrogens with zero attached hydrogens (tertiary/aromatic N) is 3. The minimum atomic E-state index is 0.317. The third kappa shape index (κ3) is 3.10. The minimum Gasteiger partial charge on any atom is -0.312 e. The molecule has 1 aliphatic rings. The topological polar surface area (TPSA) is 42.7 Å². The summed E-state index contributed by atoms with van der Waals surface area (Å²) in [5.74, 6) is 0. The fourth-order valence-corrected chi connectivity index (χ4v) is 3.72. The Bertz CT molecular complexity index is 514. The number of thiazole rings is 1. The maximum absolute atomic E-state index is 4.79. The smallest absolute Gasteiger partial charge is 0.0794 e. The standard InChI is InChI=1S/C15H22N4S/c1-16-14(15-10-17-11-20-15)9-12-7-8-19(18-12)13-5-3-2-4-6-13/h7-8,10-11,13-14,16H,2-6,9H2,1H3. The number of hydrogen-bond acceptors (Lipinski definition) is 4. The van der Waals surface area contributed by atoms with Gasteiger partial charge in [-0.1, -0.05) is 19.3 Å². The molecule has 108 valence electrons. The minimum absolute atomic E-state index is 0.317. The number of aromatic nitrogens is 3. The zero-order valence-electron chi connectivity index (χ0n) is 12.0. The molecule has 0 spiro atoms. The summed E-state index contributed by atoms with van der Waals surface area (Å²) in [6.07, 6.45) is 11.7. The monoisotopic (exact) mass is 290 g/mol. The van der Waals surface area contributed by atoms with Gasteiger partial charge in [-0.2, -0.15) is 5.10 Å². The molecular weight excluding hydrogens is 268 g/mol. The maximum Gasteiger partial charge on any atom is 0.0794 e. The molecule has 0 aromatic carbocycles. The van der Waals surface area contributed by atoms with Crippen molar-refractivity contribution in [3.8, 4) is 0 Å². The van der Waals surface area contributed by atoms with Crippen LogP contribution in [-0.4, -0.2) is 21.8 Å². The number of nitrogens with one attached hydrogen (secondary N) is 1. The van der Waals surface area contributed by atoms with Crippen molar-refractivity contribution < 1.29 is 0 Å². The second-order valence-electron chi connectivity index (χ2n) is 5.53. The summed E-state index contributed by atoms with van der Waals surface area (Å²) in [6, 6.07) is 3.10. The number of rotatable bonds is 5. The van der Waals surface area contributed by atoms with Crippen LogP contribution >= 0.6 is 11.3 Å². The lowest BCUT2D eigenvalue weighted by Crippen LogP contribution is -2.18. The molecule has 1 atom stereocenters. The van der Waals surface area contributed by atoms with Crippen LogP contribution in [0.15, 0.2) is 24.0 Å². The largest absolute Gasteiger partial charge is 0.312 e. The highest BCUT2D eigenvalue weighted by Crippen LogP contribution is 2.28. The van der Waals surface area contributed by atoms with Crippen LogP contribution < -0.4 is 5.32 Å². The molecule has 1 unspecified atom stereocenters. The van der Waals surface area contributed by atoms with Gasteiger partial charge in [-0.3, -0.25) is 9.67 Å². The van der Waals surface area contributed by atoms with Crippen LogP contribution in [0.25, 0.3) is 0 Å². The third-order valence-electron chi connectivity index (χ3n) is 4.17. The first kappa shape index (κ1) is 13.8. The Labute approximate surface area is 124 Å². The summed E-state index contributed by atoms with van der Waals surface area (Å²) in [4.78, 5) is 5.44. The fraction of sp³-hybridized carbons (Fsp3) is 0.600. The highest BCUT2D eigenvalue weighted by Gasteiger charge is 2.18. The molecule has 0 saturated heterocycles. The van der Waals surface area contributed by atoms with E-state index in [1.54, 1.807) is 11.3 Å². The second-order valence-corrected chi connectivity index (χ2v) is 6.45. The summed E-state index contributed by atoms with van der Waals surface area (Å²) in [6.45, 7) is 0. The average molecular weight is 290 g/mol. The van der Waals surface area contributed by atoms with E-state index in [9.17, 15) is 0 Å². The van der Waals surface area contributed by atoms with Gasteiger partial charge in [0.15, 0.2) is 0 Å². The fourth-order valence-electron chi connectivity index (χ4n) is 2.99. The molecule has 0 bridgehead atoms. The molecule has 1 fully saturated rings. The van der Waals surface area contributed by atoms with E-state index in [1.807, 2.05) is 18.8 Å². The van der Waals surface area contributed by atoms with E-state index >= 15 is 0 Å². The van der Waals surface area contributed by atoms with Crippen molar-refractivity contribution in [3.05, 3.63) is 34.5 Å². The molecule has 0 radical (unpaired) electrons. The Morgan fingerprint density at radius 2 is 2.25 bits per heavy atom. The van der Waals surface area contributed by atoms with Crippen LogP contribution in [-0.2, 0) is 6.42 Å². The predicted molar refractivity (Wildman–Crippen MR) is 82.0 cm³/mol. The lowest BCUT2D eigenvalue weighted by Gasteiger charge is -2.21. The van der Waals surface area contributed by atoms with Crippen LogP contribution in [0, 0.1) is 0 Å². The van der Waals surface area contributed by atoms with Crippen molar-refractivity contribution >= 4 is 11.3 Å². The molecule has 1 aliphatic carbocycles. The Balaban J connectivity index is 1.67. The Hall–Kier alpha value is -1.20. The zero-order chi connectivity index (χ0) is 13.8. The molecule has 20 heavy (non-hydrogen) atoms. The normalized spacial score (nSPS) is 18.2. The first-order chi connectivity index (χ1) is 9.86. The molecular formula is C15H22N4S. The summed E-state index contributed by atoms with van der Waals surface area (Å²) in [5.41, 5.74) is 3.06. The molecule has 3 rings (SSSR count). The van der Waals surface area contributed by atoms with Gasteiger partial charge in [0.1, 0.15) is 0 Å². The van der Waals surface area contributed by atoms with E-state index in [0.29, 0.717) is 12.1 Å². The Morgan fingerprint density at radius 1 is 1.40 bits per heavy atom. The van der Waals surface area contributed by atoms with E-state index in [2.05, 4.69) is 27.2 Å². The van der Waals surface area contributed by atoms with Crippen LogP contribution in [0.3, 0.4) is 0 Å². The third-order valence-corrected chi connectivity index (χ3v) is 5.06. The van der Waals surface area contributed by atoms with Crippen LogP contribution in [0.4, 0.5) is 0 Å². The first-order valence-electron chi connectivity index (χ1n) is 7.46. The van der Waals surface area contributed by atoms with E-state index in [0.717, 1.165) is 6.42 Å². The van der Waals surface area contributed by atoms with E-state index in [-0.39, 0.29) is 0 Å². The lowest BCUT2D eigenvalue weighted by atomic mass is 9.96. The number of hydrogen-bond donors (Lipinski definition) is 1. The van der Waals surface area contributed by atoms with Gasteiger partial charge in [-0.25, -0.2) is 0 Å². The average Bonchev–Trinajstić information content (AvgIpc) is 3.17. The maximum atomic E-state index is 4.79. The van der Waals surface area contributed by atoms with E-state index in [1.165, 1.54) is 42.7 Å². The number of likely N-dealkylation sites (N-methyl/N-ethyl adjacent to an activating group) is 1. The molecule has 5 heteroatoms. The van der Waals surface area contributed by atoms with Gasteiger partial charge in [0.25, 0.3) is 0 Å². The lowest BCUT2D eigenvalue weighted by molar-refractivity contribution is 0.327. The van der Waals surface area contributed by atoms with E-state index in [4.69, 9.17) is 5.10 Å². The van der Waals surface area contributed by atoms with Gasteiger partial charge in [0.05, 0.1) is 17.2 Å². The van der Waals surface area contributed by atoms with Gasteiger partial charge < -0.3 is 5.32 Å². The summed E-state index contributed by atoms with van der Waals surface area (Å²) in [5, 5.41) is 8.16. The first-order valence-corrected chi connectivity index (χ1v) is 8.34. The van der Waals surface area contributed by atoms with Gasteiger partial charge >= 0.3 is 0 Å². The van der Waals surface area contributed by atoms with Crippen molar-refractivity contribution in [1.29, 1.82) is 0 Å². The van der Waals surface area contributed by atoms with Gasteiger partial charge in [0, 0.05) is 29.7 Å². The van der Waals surface area contributed by atoms with Crippen molar-refractivity contribution in [2.45, 2.75) is 50.6 Å². The predicted octanol–water partition coefficient (Wildman–Crippen LogP) is 3.35.